The van der Waals surface area contributed by atoms with E-state index in [2.05, 4.69) is 4.98 Å². The molecule has 2 heterocycles. The molecule has 0 N–H and O–H groups in total. The minimum Gasteiger partial charge on any atom is -0.343 e. The van der Waals surface area contributed by atoms with Crippen molar-refractivity contribution < 1.29 is 4.79 Å². The summed E-state index contributed by atoms with van der Waals surface area (Å²) in [6, 6.07) is 3.88. The summed E-state index contributed by atoms with van der Waals surface area (Å²) >= 11 is 0. The minimum absolute atomic E-state index is 0.0342. The minimum atomic E-state index is -0.0342. The molecule has 2 aromatic rings. The van der Waals surface area contributed by atoms with Crippen LogP contribution in [0.4, 0.5) is 0 Å². The van der Waals surface area contributed by atoms with Crippen molar-refractivity contribution in [2.75, 3.05) is 14.1 Å². The van der Waals surface area contributed by atoms with E-state index in [9.17, 15) is 4.79 Å². The second kappa shape index (κ2) is 3.38. The van der Waals surface area contributed by atoms with Crippen molar-refractivity contribution >= 4 is 11.6 Å². The summed E-state index contributed by atoms with van der Waals surface area (Å²) in [6.07, 6.45) is 3.52. The number of aryl methyl sites for hydroxylation is 1. The number of pyridine rings is 1. The SMILES string of the molecule is Cc1ccc2ncc(C(=O)N(C)C)n2c1. The zero-order valence-electron chi connectivity index (χ0n) is 9.06. The fourth-order valence-corrected chi connectivity index (χ4v) is 1.47. The van der Waals surface area contributed by atoms with Gasteiger partial charge in [-0.15, -0.1) is 0 Å². The summed E-state index contributed by atoms with van der Waals surface area (Å²) in [7, 11) is 3.47. The van der Waals surface area contributed by atoms with Gasteiger partial charge in [-0.3, -0.25) is 9.20 Å². The highest BCUT2D eigenvalue weighted by atomic mass is 16.2. The fourth-order valence-electron chi connectivity index (χ4n) is 1.47. The van der Waals surface area contributed by atoms with E-state index in [-0.39, 0.29) is 5.91 Å². The Morgan fingerprint density at radius 1 is 1.40 bits per heavy atom. The predicted octanol–water partition coefficient (Wildman–Crippen LogP) is 1.34. The van der Waals surface area contributed by atoms with Crippen LogP contribution in [0.1, 0.15) is 16.1 Å². The number of fused-ring (bicyclic) bond motifs is 1. The van der Waals surface area contributed by atoms with Gasteiger partial charge in [-0.1, -0.05) is 6.07 Å². The molecule has 0 radical (unpaired) electrons. The molecular formula is C11H13N3O. The third kappa shape index (κ3) is 1.58. The standard InChI is InChI=1S/C11H13N3O/c1-8-4-5-10-12-6-9(14(10)7-8)11(15)13(2)3/h4-7H,1-3H3. The second-order valence-corrected chi connectivity index (χ2v) is 3.78. The number of amides is 1. The Kier molecular flexibility index (Phi) is 2.19. The van der Waals surface area contributed by atoms with Gasteiger partial charge in [0.15, 0.2) is 0 Å². The fraction of sp³-hybridized carbons (Fsp3) is 0.273. The second-order valence-electron chi connectivity index (χ2n) is 3.78. The first-order valence-electron chi connectivity index (χ1n) is 4.75. The van der Waals surface area contributed by atoms with Gasteiger partial charge in [-0.25, -0.2) is 4.98 Å². The van der Waals surface area contributed by atoms with Crippen molar-refractivity contribution in [2.45, 2.75) is 6.92 Å². The molecule has 0 bridgehead atoms. The Morgan fingerprint density at radius 2 is 2.13 bits per heavy atom. The lowest BCUT2D eigenvalue weighted by Gasteiger charge is -2.09. The quantitative estimate of drug-likeness (QED) is 0.701. The van der Waals surface area contributed by atoms with Gasteiger partial charge in [-0.2, -0.15) is 0 Å². The van der Waals surface area contributed by atoms with Gasteiger partial charge in [0.05, 0.1) is 6.20 Å². The molecule has 2 rings (SSSR count). The summed E-state index contributed by atoms with van der Waals surface area (Å²) in [6.45, 7) is 1.99. The van der Waals surface area contributed by atoms with E-state index in [0.29, 0.717) is 5.69 Å². The molecule has 0 saturated carbocycles. The number of aromatic nitrogens is 2. The number of imidazole rings is 1. The molecule has 0 saturated heterocycles. The van der Waals surface area contributed by atoms with Crippen LogP contribution in [0.2, 0.25) is 0 Å². The van der Waals surface area contributed by atoms with Crippen molar-refractivity contribution in [1.82, 2.24) is 14.3 Å². The van der Waals surface area contributed by atoms with Crippen LogP contribution in [-0.2, 0) is 0 Å². The molecule has 0 aliphatic rings. The van der Waals surface area contributed by atoms with E-state index >= 15 is 0 Å². The molecular weight excluding hydrogens is 190 g/mol. The normalized spacial score (nSPS) is 10.6. The highest BCUT2D eigenvalue weighted by Crippen LogP contribution is 2.09. The summed E-state index contributed by atoms with van der Waals surface area (Å²) < 4.78 is 1.82. The van der Waals surface area contributed by atoms with Gasteiger partial charge in [0.25, 0.3) is 5.91 Å². The number of rotatable bonds is 1. The first kappa shape index (κ1) is 9.71. The van der Waals surface area contributed by atoms with E-state index in [1.807, 2.05) is 29.7 Å². The average Bonchev–Trinajstić information content (AvgIpc) is 2.59. The van der Waals surface area contributed by atoms with E-state index < -0.39 is 0 Å². The van der Waals surface area contributed by atoms with Crippen LogP contribution in [0.3, 0.4) is 0 Å². The van der Waals surface area contributed by atoms with Gasteiger partial charge in [0.2, 0.25) is 0 Å². The number of hydrogen-bond donors (Lipinski definition) is 0. The molecule has 1 amide bonds. The molecule has 15 heavy (non-hydrogen) atoms. The monoisotopic (exact) mass is 203 g/mol. The molecule has 4 heteroatoms. The molecule has 0 aliphatic carbocycles. The largest absolute Gasteiger partial charge is 0.343 e. The smallest absolute Gasteiger partial charge is 0.271 e. The third-order valence-electron chi connectivity index (χ3n) is 2.28. The van der Waals surface area contributed by atoms with Gasteiger partial charge >= 0.3 is 0 Å². The molecule has 0 fully saturated rings. The van der Waals surface area contributed by atoms with E-state index in [0.717, 1.165) is 11.2 Å². The molecule has 0 atom stereocenters. The van der Waals surface area contributed by atoms with Crippen LogP contribution in [-0.4, -0.2) is 34.3 Å². The highest BCUT2D eigenvalue weighted by Gasteiger charge is 2.13. The van der Waals surface area contributed by atoms with E-state index in [1.165, 1.54) is 0 Å². The van der Waals surface area contributed by atoms with Crippen LogP contribution in [0.15, 0.2) is 24.5 Å². The highest BCUT2D eigenvalue weighted by molar-refractivity contribution is 5.92. The molecule has 2 aromatic heterocycles. The average molecular weight is 203 g/mol. The zero-order valence-corrected chi connectivity index (χ0v) is 9.06. The van der Waals surface area contributed by atoms with Gasteiger partial charge in [-0.05, 0) is 18.6 Å². The molecule has 0 aromatic carbocycles. The zero-order chi connectivity index (χ0) is 11.0. The summed E-state index contributed by atoms with van der Waals surface area (Å²) in [5.74, 6) is -0.0342. The third-order valence-corrected chi connectivity index (χ3v) is 2.28. The van der Waals surface area contributed by atoms with Gasteiger partial charge < -0.3 is 4.90 Å². The lowest BCUT2D eigenvalue weighted by molar-refractivity contribution is 0.0821. The summed E-state index contributed by atoms with van der Waals surface area (Å²) in [5, 5.41) is 0. The van der Waals surface area contributed by atoms with Gasteiger partial charge in [0.1, 0.15) is 11.3 Å². The Hall–Kier alpha value is -1.84. The number of carbonyl (C=O) groups is 1. The number of carbonyl (C=O) groups excluding carboxylic acids is 1. The van der Waals surface area contributed by atoms with Crippen LogP contribution >= 0.6 is 0 Å². The lowest BCUT2D eigenvalue weighted by atomic mass is 10.3. The van der Waals surface area contributed by atoms with Crippen LogP contribution in [0, 0.1) is 6.92 Å². The maximum absolute atomic E-state index is 11.8. The topological polar surface area (TPSA) is 37.6 Å². The summed E-state index contributed by atoms with van der Waals surface area (Å²) in [4.78, 5) is 17.5. The van der Waals surface area contributed by atoms with Gasteiger partial charge in [0, 0.05) is 20.3 Å². The van der Waals surface area contributed by atoms with Crippen LogP contribution in [0.25, 0.3) is 5.65 Å². The van der Waals surface area contributed by atoms with Crippen molar-refractivity contribution in [3.63, 3.8) is 0 Å². The maximum atomic E-state index is 11.8. The maximum Gasteiger partial charge on any atom is 0.271 e. The first-order chi connectivity index (χ1) is 7.09. The molecule has 4 nitrogen and oxygen atoms in total. The predicted molar refractivity (Wildman–Crippen MR) is 57.9 cm³/mol. The first-order valence-corrected chi connectivity index (χ1v) is 4.75. The Bertz CT molecular complexity index is 514. The Morgan fingerprint density at radius 3 is 2.80 bits per heavy atom. The van der Waals surface area contributed by atoms with Crippen molar-refractivity contribution in [3.05, 3.63) is 35.8 Å². The number of nitrogens with zero attached hydrogens (tertiary/aromatic N) is 3. The lowest BCUT2D eigenvalue weighted by Crippen LogP contribution is -2.23. The van der Waals surface area contributed by atoms with Crippen LogP contribution < -0.4 is 0 Å². The summed E-state index contributed by atoms with van der Waals surface area (Å²) in [5.41, 5.74) is 2.50. The van der Waals surface area contributed by atoms with Crippen molar-refractivity contribution in [2.24, 2.45) is 0 Å². The number of hydrogen-bond acceptors (Lipinski definition) is 2. The molecule has 0 spiro atoms. The van der Waals surface area contributed by atoms with E-state index in [4.69, 9.17) is 0 Å². The Balaban J connectivity index is 2.62. The molecule has 0 unspecified atom stereocenters. The Labute approximate surface area is 88.2 Å². The van der Waals surface area contributed by atoms with E-state index in [1.54, 1.807) is 25.2 Å². The van der Waals surface area contributed by atoms with Crippen LogP contribution in [0.5, 0.6) is 0 Å². The van der Waals surface area contributed by atoms with Crippen molar-refractivity contribution in [3.8, 4) is 0 Å². The molecule has 78 valence electrons. The molecule has 0 aliphatic heterocycles. The van der Waals surface area contributed by atoms with Crippen molar-refractivity contribution in [1.29, 1.82) is 0 Å².